The van der Waals surface area contributed by atoms with Gasteiger partial charge in [0.1, 0.15) is 5.82 Å². The van der Waals surface area contributed by atoms with Crippen LogP contribution in [0.15, 0.2) is 24.3 Å². The smallest absolute Gasteiger partial charge is 0.237 e. The lowest BCUT2D eigenvalue weighted by Crippen LogP contribution is -2.48. The molecule has 1 aliphatic heterocycles. The maximum Gasteiger partial charge on any atom is 0.237 e. The van der Waals surface area contributed by atoms with Crippen molar-refractivity contribution in [1.29, 1.82) is 0 Å². The Kier molecular flexibility index (Phi) is 8.47. The lowest BCUT2D eigenvalue weighted by Gasteiger charge is -2.27. The zero-order chi connectivity index (χ0) is 15.9. The summed E-state index contributed by atoms with van der Waals surface area (Å²) in [4.78, 5) is 12.2. The minimum absolute atomic E-state index is 0. The molecule has 0 aromatic heterocycles. The summed E-state index contributed by atoms with van der Waals surface area (Å²) in [6.07, 6.45) is 1.28. The molecule has 2 atom stereocenters. The molecule has 0 radical (unpaired) electrons. The third kappa shape index (κ3) is 5.73. The molecule has 2 unspecified atom stereocenters. The molecule has 0 spiro atoms. The minimum atomic E-state index is -0.533. The average Bonchev–Trinajstić information content (AvgIpc) is 2.56. The highest BCUT2D eigenvalue weighted by Crippen LogP contribution is 2.19. The van der Waals surface area contributed by atoms with Crippen molar-refractivity contribution in [2.45, 2.75) is 25.0 Å². The van der Waals surface area contributed by atoms with E-state index in [1.807, 2.05) is 0 Å². The first-order valence-corrected chi connectivity index (χ1v) is 7.51. The highest BCUT2D eigenvalue weighted by atomic mass is 35.5. The molecular weight excluding hydrogens is 323 g/mol. The Morgan fingerprint density at radius 3 is 2.57 bits per heavy atom. The predicted molar refractivity (Wildman–Crippen MR) is 87.9 cm³/mol. The second-order valence-electron chi connectivity index (χ2n) is 5.50. The van der Waals surface area contributed by atoms with Gasteiger partial charge in [-0.1, -0.05) is 12.1 Å². The van der Waals surface area contributed by atoms with Crippen LogP contribution in [-0.2, 0) is 14.3 Å². The number of halogens is 2. The van der Waals surface area contributed by atoms with Crippen LogP contribution < -0.4 is 11.1 Å². The summed E-state index contributed by atoms with van der Waals surface area (Å²) in [5.74, 6) is -0.333. The maximum absolute atomic E-state index is 12.9. The largest absolute Gasteiger partial charge is 0.381 e. The zero-order valence-electron chi connectivity index (χ0n) is 13.2. The van der Waals surface area contributed by atoms with E-state index in [0.29, 0.717) is 19.8 Å². The zero-order valence-corrected chi connectivity index (χ0v) is 14.0. The van der Waals surface area contributed by atoms with Crippen LogP contribution in [0.3, 0.4) is 0 Å². The van der Waals surface area contributed by atoms with Crippen LogP contribution in [0.5, 0.6) is 0 Å². The van der Waals surface area contributed by atoms with Crippen LogP contribution >= 0.6 is 12.4 Å². The second kappa shape index (κ2) is 9.82. The average molecular weight is 347 g/mol. The van der Waals surface area contributed by atoms with Crippen molar-refractivity contribution in [2.75, 3.05) is 26.9 Å². The molecule has 2 rings (SSSR count). The summed E-state index contributed by atoms with van der Waals surface area (Å²) in [6, 6.07) is 5.50. The fourth-order valence-corrected chi connectivity index (χ4v) is 2.61. The molecule has 1 saturated heterocycles. The van der Waals surface area contributed by atoms with Gasteiger partial charge in [-0.3, -0.25) is 4.79 Å². The first kappa shape index (κ1) is 19.8. The molecule has 1 amide bonds. The standard InChI is InChI=1S/C16H23FN2O3.ClH/c1-21-14(11-2-4-13(17)5-3-11)10-19-16(20)15(18)12-6-8-22-9-7-12;/h2-5,12,14-15H,6-10,18H2,1H3,(H,19,20);1H. The monoisotopic (exact) mass is 346 g/mol. The van der Waals surface area contributed by atoms with Gasteiger partial charge in [0, 0.05) is 26.9 Å². The predicted octanol–water partition coefficient (Wildman–Crippen LogP) is 1.81. The van der Waals surface area contributed by atoms with Gasteiger partial charge in [0.25, 0.3) is 0 Å². The second-order valence-corrected chi connectivity index (χ2v) is 5.50. The molecule has 1 heterocycles. The molecule has 7 heteroatoms. The number of ether oxygens (including phenoxy) is 2. The fraction of sp³-hybridized carbons (Fsp3) is 0.562. The van der Waals surface area contributed by atoms with Gasteiger partial charge in [-0.05, 0) is 36.5 Å². The summed E-state index contributed by atoms with van der Waals surface area (Å²) in [5.41, 5.74) is 6.83. The third-order valence-electron chi connectivity index (χ3n) is 4.06. The summed E-state index contributed by atoms with van der Waals surface area (Å²) < 4.78 is 23.6. The van der Waals surface area contributed by atoms with E-state index in [0.717, 1.165) is 18.4 Å². The van der Waals surface area contributed by atoms with E-state index in [9.17, 15) is 9.18 Å². The lowest BCUT2D eigenvalue weighted by atomic mass is 9.92. The number of benzene rings is 1. The Morgan fingerprint density at radius 1 is 1.39 bits per heavy atom. The van der Waals surface area contributed by atoms with Crippen molar-refractivity contribution in [3.8, 4) is 0 Å². The molecule has 1 aromatic carbocycles. The van der Waals surface area contributed by atoms with Gasteiger partial charge in [-0.2, -0.15) is 0 Å². The van der Waals surface area contributed by atoms with Crippen LogP contribution in [-0.4, -0.2) is 38.8 Å². The molecule has 130 valence electrons. The number of amides is 1. The van der Waals surface area contributed by atoms with E-state index < -0.39 is 6.04 Å². The molecule has 0 aliphatic carbocycles. The van der Waals surface area contributed by atoms with Gasteiger partial charge in [-0.15, -0.1) is 12.4 Å². The van der Waals surface area contributed by atoms with E-state index in [4.69, 9.17) is 15.2 Å². The van der Waals surface area contributed by atoms with Crippen LogP contribution in [0.2, 0.25) is 0 Å². The first-order valence-electron chi connectivity index (χ1n) is 7.51. The third-order valence-corrected chi connectivity index (χ3v) is 4.06. The highest BCUT2D eigenvalue weighted by Gasteiger charge is 2.26. The first-order chi connectivity index (χ1) is 10.6. The molecule has 0 saturated carbocycles. The fourth-order valence-electron chi connectivity index (χ4n) is 2.61. The van der Waals surface area contributed by atoms with E-state index >= 15 is 0 Å². The Hall–Kier alpha value is -1.21. The van der Waals surface area contributed by atoms with E-state index in [1.54, 1.807) is 19.2 Å². The van der Waals surface area contributed by atoms with Crippen molar-refractivity contribution in [1.82, 2.24) is 5.32 Å². The number of carbonyl (C=O) groups excluding carboxylic acids is 1. The van der Waals surface area contributed by atoms with Gasteiger partial charge < -0.3 is 20.5 Å². The quantitative estimate of drug-likeness (QED) is 0.823. The highest BCUT2D eigenvalue weighted by molar-refractivity contribution is 5.85. The maximum atomic E-state index is 12.9. The van der Waals surface area contributed by atoms with Gasteiger partial charge in [0.05, 0.1) is 12.1 Å². The van der Waals surface area contributed by atoms with E-state index in [1.165, 1.54) is 12.1 Å². The molecule has 0 bridgehead atoms. The molecule has 1 fully saturated rings. The summed E-state index contributed by atoms with van der Waals surface area (Å²) >= 11 is 0. The summed E-state index contributed by atoms with van der Waals surface area (Å²) in [6.45, 7) is 1.61. The van der Waals surface area contributed by atoms with Crippen molar-refractivity contribution >= 4 is 18.3 Å². The molecular formula is C16H24ClFN2O3. The van der Waals surface area contributed by atoms with Crippen LogP contribution in [0, 0.1) is 11.7 Å². The van der Waals surface area contributed by atoms with E-state index in [2.05, 4.69) is 5.32 Å². The Balaban J connectivity index is 0.00000264. The van der Waals surface area contributed by atoms with Gasteiger partial charge in [0.2, 0.25) is 5.91 Å². The molecule has 5 nitrogen and oxygen atoms in total. The Bertz CT molecular complexity index is 481. The van der Waals surface area contributed by atoms with Crippen molar-refractivity contribution in [2.24, 2.45) is 11.7 Å². The minimum Gasteiger partial charge on any atom is -0.381 e. The van der Waals surface area contributed by atoms with Crippen molar-refractivity contribution in [3.63, 3.8) is 0 Å². The molecule has 1 aliphatic rings. The van der Waals surface area contributed by atoms with Crippen LogP contribution in [0.1, 0.15) is 24.5 Å². The number of methoxy groups -OCH3 is 1. The van der Waals surface area contributed by atoms with Gasteiger partial charge in [0.15, 0.2) is 0 Å². The van der Waals surface area contributed by atoms with Gasteiger partial charge in [-0.25, -0.2) is 4.39 Å². The number of nitrogens with two attached hydrogens (primary N) is 1. The summed E-state index contributed by atoms with van der Waals surface area (Å²) in [7, 11) is 1.55. The molecule has 3 N–H and O–H groups in total. The number of carbonyl (C=O) groups is 1. The van der Waals surface area contributed by atoms with E-state index in [-0.39, 0.29) is 36.2 Å². The Morgan fingerprint density at radius 2 is 2.00 bits per heavy atom. The van der Waals surface area contributed by atoms with Crippen LogP contribution in [0.25, 0.3) is 0 Å². The number of rotatable bonds is 6. The molecule has 23 heavy (non-hydrogen) atoms. The van der Waals surface area contributed by atoms with Crippen molar-refractivity contribution in [3.05, 3.63) is 35.6 Å². The topological polar surface area (TPSA) is 73.6 Å². The van der Waals surface area contributed by atoms with Crippen molar-refractivity contribution < 1.29 is 18.7 Å². The SMILES string of the molecule is COC(CNC(=O)C(N)C1CCOCC1)c1ccc(F)cc1.Cl. The number of nitrogens with one attached hydrogen (secondary N) is 1. The number of hydrogen-bond acceptors (Lipinski definition) is 4. The molecule has 1 aromatic rings. The Labute approximate surface area is 142 Å². The lowest BCUT2D eigenvalue weighted by molar-refractivity contribution is -0.124. The number of hydrogen-bond donors (Lipinski definition) is 2. The van der Waals surface area contributed by atoms with Crippen LogP contribution in [0.4, 0.5) is 4.39 Å². The van der Waals surface area contributed by atoms with Gasteiger partial charge >= 0.3 is 0 Å². The summed E-state index contributed by atoms with van der Waals surface area (Å²) in [5, 5.41) is 2.82. The normalized spacial score (nSPS) is 17.9.